The van der Waals surface area contributed by atoms with E-state index in [1.807, 2.05) is 12.1 Å². The molecule has 2 N–H and O–H groups in total. The first kappa shape index (κ1) is 9.04. The normalized spacial score (nSPS) is 19.8. The minimum absolute atomic E-state index is 0.129. The minimum Gasteiger partial charge on any atom is -0.488 e. The van der Waals surface area contributed by atoms with Crippen molar-refractivity contribution in [2.24, 2.45) is 5.73 Å². The highest BCUT2D eigenvalue weighted by Crippen LogP contribution is 2.52. The maximum atomic E-state index is 5.97. The van der Waals surface area contributed by atoms with Gasteiger partial charge in [-0.3, -0.25) is 0 Å². The standard InChI is InChI=1S/C12H15NO2/c13-6-7-14-10-3-1-2-9-8-12(4-5-12)15-11(9)10/h1-3H,4-8,13H2. The molecule has 0 amide bonds. The summed E-state index contributed by atoms with van der Waals surface area (Å²) in [5.41, 5.74) is 6.83. The summed E-state index contributed by atoms with van der Waals surface area (Å²) in [5.74, 6) is 1.80. The number of hydrogen-bond acceptors (Lipinski definition) is 3. The van der Waals surface area contributed by atoms with Crippen LogP contribution < -0.4 is 15.2 Å². The Morgan fingerprint density at radius 2 is 2.27 bits per heavy atom. The lowest BCUT2D eigenvalue weighted by Gasteiger charge is -2.11. The Morgan fingerprint density at radius 3 is 3.00 bits per heavy atom. The molecule has 0 saturated heterocycles. The molecule has 2 aliphatic rings. The summed E-state index contributed by atoms with van der Waals surface area (Å²) >= 11 is 0. The van der Waals surface area contributed by atoms with Crippen LogP contribution in [-0.4, -0.2) is 18.8 Å². The largest absolute Gasteiger partial charge is 0.488 e. The Morgan fingerprint density at radius 1 is 1.40 bits per heavy atom. The summed E-state index contributed by atoms with van der Waals surface area (Å²) in [5, 5.41) is 0. The zero-order valence-corrected chi connectivity index (χ0v) is 8.66. The van der Waals surface area contributed by atoms with E-state index in [-0.39, 0.29) is 5.60 Å². The maximum absolute atomic E-state index is 5.97. The number of rotatable bonds is 3. The van der Waals surface area contributed by atoms with Crippen LogP contribution in [0.1, 0.15) is 18.4 Å². The fourth-order valence-electron chi connectivity index (χ4n) is 2.12. The van der Waals surface area contributed by atoms with E-state index in [1.54, 1.807) is 0 Å². The molecule has 0 unspecified atom stereocenters. The monoisotopic (exact) mass is 205 g/mol. The second kappa shape index (κ2) is 3.14. The molecule has 0 atom stereocenters. The second-order valence-corrected chi connectivity index (χ2v) is 4.34. The molecular formula is C12H15NO2. The summed E-state index contributed by atoms with van der Waals surface area (Å²) in [6, 6.07) is 6.10. The first-order valence-electron chi connectivity index (χ1n) is 5.47. The van der Waals surface area contributed by atoms with Crippen molar-refractivity contribution in [3.63, 3.8) is 0 Å². The van der Waals surface area contributed by atoms with Gasteiger partial charge in [0.05, 0.1) is 0 Å². The van der Waals surface area contributed by atoms with Gasteiger partial charge in [0.2, 0.25) is 0 Å². The molecule has 3 nitrogen and oxygen atoms in total. The van der Waals surface area contributed by atoms with E-state index in [1.165, 1.54) is 18.4 Å². The number of fused-ring (bicyclic) bond motifs is 1. The smallest absolute Gasteiger partial charge is 0.165 e. The van der Waals surface area contributed by atoms with Crippen LogP contribution in [0.3, 0.4) is 0 Å². The lowest BCUT2D eigenvalue weighted by molar-refractivity contribution is 0.199. The van der Waals surface area contributed by atoms with Crippen LogP contribution in [0.2, 0.25) is 0 Å². The molecule has 0 aromatic heterocycles. The SMILES string of the molecule is NCCOc1cccc2c1OC1(CC1)C2. The van der Waals surface area contributed by atoms with Crippen LogP contribution in [0, 0.1) is 0 Å². The molecule has 1 aromatic rings. The molecule has 1 saturated carbocycles. The third-order valence-electron chi connectivity index (χ3n) is 3.07. The Bertz CT molecular complexity index is 385. The number of hydrogen-bond donors (Lipinski definition) is 1. The Hall–Kier alpha value is -1.22. The minimum atomic E-state index is 0.129. The molecule has 3 heteroatoms. The second-order valence-electron chi connectivity index (χ2n) is 4.34. The van der Waals surface area contributed by atoms with Crippen LogP contribution >= 0.6 is 0 Å². The maximum Gasteiger partial charge on any atom is 0.165 e. The lowest BCUT2D eigenvalue weighted by atomic mass is 10.1. The molecule has 1 fully saturated rings. The van der Waals surface area contributed by atoms with Crippen LogP contribution in [-0.2, 0) is 6.42 Å². The first-order chi connectivity index (χ1) is 7.33. The Kier molecular flexibility index (Phi) is 1.89. The van der Waals surface area contributed by atoms with Gasteiger partial charge in [-0.15, -0.1) is 0 Å². The van der Waals surface area contributed by atoms with Gasteiger partial charge in [0.1, 0.15) is 12.2 Å². The van der Waals surface area contributed by atoms with Crippen molar-refractivity contribution in [3.05, 3.63) is 23.8 Å². The molecule has 3 rings (SSSR count). The van der Waals surface area contributed by atoms with Crippen LogP contribution in [0.4, 0.5) is 0 Å². The number of ether oxygens (including phenoxy) is 2. The highest BCUT2D eigenvalue weighted by molar-refractivity contribution is 5.51. The molecule has 1 aromatic carbocycles. The Balaban J connectivity index is 1.88. The van der Waals surface area contributed by atoms with Gasteiger partial charge < -0.3 is 15.2 Å². The summed E-state index contributed by atoms with van der Waals surface area (Å²) in [6.45, 7) is 1.08. The molecule has 1 heterocycles. The quantitative estimate of drug-likeness (QED) is 0.813. The Labute approximate surface area is 89.2 Å². The average Bonchev–Trinajstić information content (AvgIpc) is 2.87. The van der Waals surface area contributed by atoms with Gasteiger partial charge in [-0.05, 0) is 18.9 Å². The molecule has 1 spiro atoms. The zero-order valence-electron chi connectivity index (χ0n) is 8.66. The first-order valence-corrected chi connectivity index (χ1v) is 5.47. The van der Waals surface area contributed by atoms with Crippen molar-refractivity contribution in [2.45, 2.75) is 24.9 Å². The highest BCUT2D eigenvalue weighted by Gasteiger charge is 2.50. The number of nitrogens with two attached hydrogens (primary N) is 1. The van der Waals surface area contributed by atoms with Crippen LogP contribution in [0.15, 0.2) is 18.2 Å². The predicted molar refractivity (Wildman–Crippen MR) is 57.3 cm³/mol. The van der Waals surface area contributed by atoms with E-state index in [0.717, 1.165) is 17.9 Å². The van der Waals surface area contributed by atoms with Crippen LogP contribution in [0.25, 0.3) is 0 Å². The fourth-order valence-corrected chi connectivity index (χ4v) is 2.12. The van der Waals surface area contributed by atoms with Gasteiger partial charge in [-0.1, -0.05) is 12.1 Å². The molecule has 0 bridgehead atoms. The highest BCUT2D eigenvalue weighted by atomic mass is 16.5. The van der Waals surface area contributed by atoms with Gasteiger partial charge in [-0.2, -0.15) is 0 Å². The van der Waals surface area contributed by atoms with Gasteiger partial charge in [0.25, 0.3) is 0 Å². The van der Waals surface area contributed by atoms with Crippen molar-refractivity contribution in [1.29, 1.82) is 0 Å². The lowest BCUT2D eigenvalue weighted by Crippen LogP contribution is -2.14. The van der Waals surface area contributed by atoms with E-state index in [4.69, 9.17) is 15.2 Å². The third-order valence-corrected chi connectivity index (χ3v) is 3.07. The van der Waals surface area contributed by atoms with Crippen molar-refractivity contribution >= 4 is 0 Å². The fraction of sp³-hybridized carbons (Fsp3) is 0.500. The van der Waals surface area contributed by atoms with Crippen molar-refractivity contribution < 1.29 is 9.47 Å². The van der Waals surface area contributed by atoms with E-state index >= 15 is 0 Å². The van der Waals surface area contributed by atoms with E-state index in [0.29, 0.717) is 13.2 Å². The molecule has 1 aliphatic heterocycles. The van der Waals surface area contributed by atoms with Gasteiger partial charge in [0, 0.05) is 18.5 Å². The van der Waals surface area contributed by atoms with Crippen LogP contribution in [0.5, 0.6) is 11.5 Å². The molecule has 0 radical (unpaired) electrons. The number of para-hydroxylation sites is 1. The van der Waals surface area contributed by atoms with Crippen molar-refractivity contribution in [2.75, 3.05) is 13.2 Å². The summed E-state index contributed by atoms with van der Waals surface area (Å²) < 4.78 is 11.5. The average molecular weight is 205 g/mol. The predicted octanol–water partition coefficient (Wildman–Crippen LogP) is 1.49. The van der Waals surface area contributed by atoms with Gasteiger partial charge >= 0.3 is 0 Å². The van der Waals surface area contributed by atoms with Crippen molar-refractivity contribution in [3.8, 4) is 11.5 Å². The van der Waals surface area contributed by atoms with E-state index < -0.39 is 0 Å². The topological polar surface area (TPSA) is 44.5 Å². The van der Waals surface area contributed by atoms with E-state index in [9.17, 15) is 0 Å². The van der Waals surface area contributed by atoms with Crippen molar-refractivity contribution in [1.82, 2.24) is 0 Å². The molecule has 80 valence electrons. The molecule has 15 heavy (non-hydrogen) atoms. The molecular weight excluding hydrogens is 190 g/mol. The number of benzene rings is 1. The summed E-state index contributed by atoms with van der Waals surface area (Å²) in [6.07, 6.45) is 3.40. The molecule has 1 aliphatic carbocycles. The van der Waals surface area contributed by atoms with E-state index in [2.05, 4.69) is 6.07 Å². The van der Waals surface area contributed by atoms with Gasteiger partial charge in [-0.25, -0.2) is 0 Å². The van der Waals surface area contributed by atoms with Gasteiger partial charge in [0.15, 0.2) is 11.5 Å². The zero-order chi connectivity index (χ0) is 10.3. The summed E-state index contributed by atoms with van der Waals surface area (Å²) in [4.78, 5) is 0. The summed E-state index contributed by atoms with van der Waals surface area (Å²) in [7, 11) is 0. The third kappa shape index (κ3) is 1.47.